The number of hydrogen-bond acceptors (Lipinski definition) is 4. The summed E-state index contributed by atoms with van der Waals surface area (Å²) in [5.74, 6) is -1.48. The molecule has 96 valence electrons. The van der Waals surface area contributed by atoms with Gasteiger partial charge in [0.05, 0.1) is 5.56 Å². The van der Waals surface area contributed by atoms with E-state index in [1.807, 2.05) is 6.92 Å². The Balaban J connectivity index is 2.16. The highest BCUT2D eigenvalue weighted by Crippen LogP contribution is 2.13. The van der Waals surface area contributed by atoms with Crippen molar-refractivity contribution in [2.75, 3.05) is 5.32 Å². The van der Waals surface area contributed by atoms with Crippen molar-refractivity contribution in [2.45, 2.75) is 6.92 Å². The van der Waals surface area contributed by atoms with Gasteiger partial charge in [-0.05, 0) is 30.7 Å². The Morgan fingerprint density at radius 3 is 2.58 bits per heavy atom. The number of aromatic nitrogens is 2. The number of carbonyl (C=O) groups excluding carboxylic acids is 1. The lowest BCUT2D eigenvalue weighted by Gasteiger charge is -2.07. The Hall–Kier alpha value is -2.76. The van der Waals surface area contributed by atoms with E-state index in [4.69, 9.17) is 5.11 Å². The van der Waals surface area contributed by atoms with E-state index in [-0.39, 0.29) is 11.6 Å². The number of carboxylic acids is 1. The van der Waals surface area contributed by atoms with Gasteiger partial charge in [-0.15, -0.1) is 0 Å². The molecule has 2 N–H and O–H groups in total. The van der Waals surface area contributed by atoms with E-state index in [1.54, 1.807) is 18.5 Å². The molecule has 0 unspecified atom stereocenters. The molecule has 19 heavy (non-hydrogen) atoms. The first-order chi connectivity index (χ1) is 9.08. The van der Waals surface area contributed by atoms with Crippen molar-refractivity contribution >= 4 is 17.6 Å². The van der Waals surface area contributed by atoms with Crippen LogP contribution in [0.4, 0.5) is 5.69 Å². The lowest BCUT2D eigenvalue weighted by Crippen LogP contribution is -2.13. The summed E-state index contributed by atoms with van der Waals surface area (Å²) in [5.41, 5.74) is 1.69. The molecule has 0 spiro atoms. The number of aryl methyl sites for hydroxylation is 1. The standard InChI is InChI=1S/C13H11N3O3/c1-8-6-14-5-4-10(8)16-12(17)9-2-3-11(13(18)19)15-7-9/h2-7H,1H3,(H,18,19)(H,14,16,17). The molecule has 0 aliphatic heterocycles. The quantitative estimate of drug-likeness (QED) is 0.873. The number of carbonyl (C=O) groups is 2. The highest BCUT2D eigenvalue weighted by molar-refractivity contribution is 6.04. The van der Waals surface area contributed by atoms with Crippen LogP contribution >= 0.6 is 0 Å². The Morgan fingerprint density at radius 1 is 1.21 bits per heavy atom. The highest BCUT2D eigenvalue weighted by Gasteiger charge is 2.10. The van der Waals surface area contributed by atoms with Crippen molar-refractivity contribution in [3.05, 3.63) is 53.6 Å². The van der Waals surface area contributed by atoms with Crippen LogP contribution in [0.15, 0.2) is 36.8 Å². The van der Waals surface area contributed by atoms with E-state index in [0.717, 1.165) is 5.56 Å². The summed E-state index contributed by atoms with van der Waals surface area (Å²) in [6.07, 6.45) is 4.45. The monoisotopic (exact) mass is 257 g/mol. The maximum atomic E-state index is 11.9. The molecule has 0 aromatic carbocycles. The Bertz CT molecular complexity index is 623. The van der Waals surface area contributed by atoms with Crippen LogP contribution in [0.1, 0.15) is 26.4 Å². The van der Waals surface area contributed by atoms with E-state index in [1.165, 1.54) is 18.3 Å². The third kappa shape index (κ3) is 2.92. The predicted molar refractivity (Wildman–Crippen MR) is 68.1 cm³/mol. The normalized spacial score (nSPS) is 9.95. The van der Waals surface area contributed by atoms with Crippen LogP contribution in [0, 0.1) is 6.92 Å². The first-order valence-electron chi connectivity index (χ1n) is 5.49. The van der Waals surface area contributed by atoms with Gasteiger partial charge in [0.1, 0.15) is 5.69 Å². The molecule has 2 aromatic heterocycles. The van der Waals surface area contributed by atoms with Crippen LogP contribution < -0.4 is 5.32 Å². The third-order valence-corrected chi connectivity index (χ3v) is 2.51. The number of nitrogens with zero attached hydrogens (tertiary/aromatic N) is 2. The molecule has 6 nitrogen and oxygen atoms in total. The number of amides is 1. The van der Waals surface area contributed by atoms with Crippen molar-refractivity contribution in [3.63, 3.8) is 0 Å². The minimum atomic E-state index is -1.13. The molecule has 0 fully saturated rings. The summed E-state index contributed by atoms with van der Waals surface area (Å²) < 4.78 is 0. The van der Waals surface area contributed by atoms with Crippen molar-refractivity contribution in [3.8, 4) is 0 Å². The smallest absolute Gasteiger partial charge is 0.354 e. The molecule has 0 atom stereocenters. The lowest BCUT2D eigenvalue weighted by molar-refractivity contribution is 0.0690. The molecule has 0 saturated carbocycles. The number of aromatic carboxylic acids is 1. The predicted octanol–water partition coefficient (Wildman–Crippen LogP) is 1.74. The van der Waals surface area contributed by atoms with Gasteiger partial charge < -0.3 is 10.4 Å². The first kappa shape index (κ1) is 12.7. The van der Waals surface area contributed by atoms with Gasteiger partial charge in [-0.3, -0.25) is 9.78 Å². The summed E-state index contributed by atoms with van der Waals surface area (Å²) in [6.45, 7) is 1.83. The van der Waals surface area contributed by atoms with E-state index in [9.17, 15) is 9.59 Å². The molecular weight excluding hydrogens is 246 g/mol. The second kappa shape index (κ2) is 5.26. The molecular formula is C13H11N3O3. The fourth-order valence-electron chi connectivity index (χ4n) is 1.46. The van der Waals surface area contributed by atoms with Crippen molar-refractivity contribution in [1.29, 1.82) is 0 Å². The SMILES string of the molecule is Cc1cnccc1NC(=O)c1ccc(C(=O)O)nc1. The van der Waals surface area contributed by atoms with E-state index in [0.29, 0.717) is 11.3 Å². The van der Waals surface area contributed by atoms with Gasteiger partial charge >= 0.3 is 5.97 Å². The first-order valence-corrected chi connectivity index (χ1v) is 5.49. The summed E-state index contributed by atoms with van der Waals surface area (Å²) in [7, 11) is 0. The van der Waals surface area contributed by atoms with Gasteiger partial charge in [-0.2, -0.15) is 0 Å². The molecule has 0 aliphatic rings. The van der Waals surface area contributed by atoms with Crippen molar-refractivity contribution < 1.29 is 14.7 Å². The van der Waals surface area contributed by atoms with E-state index < -0.39 is 5.97 Å². The minimum Gasteiger partial charge on any atom is -0.477 e. The molecule has 0 saturated heterocycles. The Labute approximate surface area is 109 Å². The summed E-state index contributed by atoms with van der Waals surface area (Å²) >= 11 is 0. The fourth-order valence-corrected chi connectivity index (χ4v) is 1.46. The zero-order valence-electron chi connectivity index (χ0n) is 10.1. The topological polar surface area (TPSA) is 92.2 Å². The zero-order chi connectivity index (χ0) is 13.8. The van der Waals surface area contributed by atoms with Gasteiger partial charge in [0.15, 0.2) is 0 Å². The van der Waals surface area contributed by atoms with Crippen LogP contribution in [0.5, 0.6) is 0 Å². The Morgan fingerprint density at radius 2 is 2.00 bits per heavy atom. The van der Waals surface area contributed by atoms with Crippen LogP contribution in [-0.4, -0.2) is 27.0 Å². The van der Waals surface area contributed by atoms with Crippen LogP contribution in [0.25, 0.3) is 0 Å². The average Bonchev–Trinajstić information content (AvgIpc) is 2.41. The largest absolute Gasteiger partial charge is 0.477 e. The van der Waals surface area contributed by atoms with Crippen LogP contribution in [-0.2, 0) is 0 Å². The molecule has 2 rings (SSSR count). The fraction of sp³-hybridized carbons (Fsp3) is 0.0769. The van der Waals surface area contributed by atoms with Gasteiger partial charge in [0.25, 0.3) is 5.91 Å². The van der Waals surface area contributed by atoms with Gasteiger partial charge in [0, 0.05) is 24.3 Å². The second-order valence-corrected chi connectivity index (χ2v) is 3.88. The van der Waals surface area contributed by atoms with E-state index in [2.05, 4.69) is 15.3 Å². The summed E-state index contributed by atoms with van der Waals surface area (Å²) in [6, 6.07) is 4.39. The second-order valence-electron chi connectivity index (χ2n) is 3.88. The Kier molecular flexibility index (Phi) is 3.51. The number of anilines is 1. The number of nitrogens with one attached hydrogen (secondary N) is 1. The molecule has 0 bridgehead atoms. The lowest BCUT2D eigenvalue weighted by atomic mass is 10.2. The van der Waals surface area contributed by atoms with Crippen molar-refractivity contribution in [2.24, 2.45) is 0 Å². The highest BCUT2D eigenvalue weighted by atomic mass is 16.4. The van der Waals surface area contributed by atoms with Crippen LogP contribution in [0.2, 0.25) is 0 Å². The molecule has 6 heteroatoms. The maximum absolute atomic E-state index is 11.9. The minimum absolute atomic E-state index is 0.100. The maximum Gasteiger partial charge on any atom is 0.354 e. The molecule has 1 amide bonds. The summed E-state index contributed by atoms with van der Waals surface area (Å²) in [4.78, 5) is 30.2. The molecule has 0 radical (unpaired) electrons. The van der Waals surface area contributed by atoms with Gasteiger partial charge in [-0.25, -0.2) is 9.78 Å². The van der Waals surface area contributed by atoms with Crippen LogP contribution in [0.3, 0.4) is 0 Å². The number of rotatable bonds is 3. The summed E-state index contributed by atoms with van der Waals surface area (Å²) in [5, 5.41) is 11.4. The molecule has 0 aliphatic carbocycles. The number of hydrogen-bond donors (Lipinski definition) is 2. The van der Waals surface area contributed by atoms with Crippen molar-refractivity contribution in [1.82, 2.24) is 9.97 Å². The van der Waals surface area contributed by atoms with Gasteiger partial charge in [0.2, 0.25) is 0 Å². The average molecular weight is 257 g/mol. The number of pyridine rings is 2. The zero-order valence-corrected chi connectivity index (χ0v) is 10.1. The number of carboxylic acid groups (broad SMARTS) is 1. The van der Waals surface area contributed by atoms with Gasteiger partial charge in [-0.1, -0.05) is 0 Å². The molecule has 2 heterocycles. The van der Waals surface area contributed by atoms with E-state index >= 15 is 0 Å². The third-order valence-electron chi connectivity index (χ3n) is 2.51. The molecule has 2 aromatic rings.